The molecule has 1 aliphatic carbocycles. The largest absolute Gasteiger partial charge is 0.388 e. The Labute approximate surface area is 143 Å². The van der Waals surface area contributed by atoms with Gasteiger partial charge in [0.2, 0.25) is 11.8 Å². The minimum atomic E-state index is -0.865. The molecule has 1 atom stereocenters. The summed E-state index contributed by atoms with van der Waals surface area (Å²) in [4.78, 5) is 26.7. The zero-order valence-electron chi connectivity index (χ0n) is 14.6. The van der Waals surface area contributed by atoms with E-state index in [9.17, 15) is 14.7 Å². The average molecular weight is 338 g/mol. The van der Waals surface area contributed by atoms with Gasteiger partial charge in [-0.2, -0.15) is 0 Å². The molecule has 0 aromatic heterocycles. The van der Waals surface area contributed by atoms with E-state index in [2.05, 4.69) is 12.2 Å². The van der Waals surface area contributed by atoms with Crippen LogP contribution in [0.25, 0.3) is 0 Å². The first-order valence-corrected chi connectivity index (χ1v) is 9.34. The summed E-state index contributed by atoms with van der Waals surface area (Å²) in [7, 11) is 0. The summed E-state index contributed by atoms with van der Waals surface area (Å²) in [6.45, 7) is 4.11. The van der Waals surface area contributed by atoms with Crippen LogP contribution in [0.15, 0.2) is 0 Å². The van der Waals surface area contributed by atoms with Gasteiger partial charge in [-0.05, 0) is 31.6 Å². The van der Waals surface area contributed by atoms with Crippen molar-refractivity contribution in [3.8, 4) is 0 Å². The van der Waals surface area contributed by atoms with Crippen LogP contribution in [0.3, 0.4) is 0 Å². The van der Waals surface area contributed by atoms with E-state index in [4.69, 9.17) is 4.74 Å². The molecule has 2 aliphatic heterocycles. The maximum Gasteiger partial charge on any atom is 0.225 e. The van der Waals surface area contributed by atoms with Crippen LogP contribution in [0.1, 0.15) is 51.9 Å². The summed E-state index contributed by atoms with van der Waals surface area (Å²) >= 11 is 0. The minimum Gasteiger partial charge on any atom is -0.388 e. The summed E-state index contributed by atoms with van der Waals surface area (Å²) in [5, 5.41) is 13.3. The number of amides is 2. The summed E-state index contributed by atoms with van der Waals surface area (Å²) in [5.74, 6) is 0.480. The minimum absolute atomic E-state index is 0.102. The van der Waals surface area contributed by atoms with Crippen LogP contribution >= 0.6 is 0 Å². The molecule has 0 radical (unpaired) electrons. The van der Waals surface area contributed by atoms with Gasteiger partial charge in [0.1, 0.15) is 0 Å². The molecule has 3 rings (SSSR count). The third-order valence-electron chi connectivity index (χ3n) is 5.97. The van der Waals surface area contributed by atoms with Gasteiger partial charge >= 0.3 is 0 Å². The highest BCUT2D eigenvalue weighted by Gasteiger charge is 2.39. The Hall–Kier alpha value is -1.14. The van der Waals surface area contributed by atoms with E-state index < -0.39 is 5.60 Å². The van der Waals surface area contributed by atoms with Crippen molar-refractivity contribution < 1.29 is 19.4 Å². The Balaban J connectivity index is 1.48. The van der Waals surface area contributed by atoms with Crippen molar-refractivity contribution in [2.75, 3.05) is 26.3 Å². The van der Waals surface area contributed by atoms with Crippen LogP contribution < -0.4 is 5.32 Å². The first-order chi connectivity index (χ1) is 11.5. The van der Waals surface area contributed by atoms with Crippen molar-refractivity contribution >= 4 is 11.8 Å². The van der Waals surface area contributed by atoms with Crippen molar-refractivity contribution in [2.45, 2.75) is 63.5 Å². The van der Waals surface area contributed by atoms with E-state index in [1.54, 1.807) is 0 Å². The number of carbonyl (C=O) groups is 2. The van der Waals surface area contributed by atoms with Crippen LogP contribution in [0.5, 0.6) is 0 Å². The molecule has 2 N–H and O–H groups in total. The van der Waals surface area contributed by atoms with E-state index in [-0.39, 0.29) is 24.3 Å². The number of hydrogen-bond donors (Lipinski definition) is 2. The van der Waals surface area contributed by atoms with Gasteiger partial charge in [-0.25, -0.2) is 0 Å². The number of ether oxygens (including phenoxy) is 1. The van der Waals surface area contributed by atoms with Crippen LogP contribution in [-0.2, 0) is 14.3 Å². The van der Waals surface area contributed by atoms with E-state index in [0.29, 0.717) is 45.1 Å². The number of rotatable bonds is 4. The number of nitrogens with zero attached hydrogens (tertiary/aromatic N) is 1. The second-order valence-corrected chi connectivity index (χ2v) is 7.92. The SMILES string of the molecule is CC1CCC(N2CC(C(=O)NCC3(O)CCOCC3)CC2=O)CC1. The molecule has 0 aromatic rings. The quantitative estimate of drug-likeness (QED) is 0.804. The fraction of sp³-hybridized carbons (Fsp3) is 0.889. The normalized spacial score (nSPS) is 33.5. The van der Waals surface area contributed by atoms with E-state index in [1.807, 2.05) is 4.90 Å². The molecule has 0 aromatic carbocycles. The molecule has 3 fully saturated rings. The first-order valence-electron chi connectivity index (χ1n) is 9.34. The van der Waals surface area contributed by atoms with Crippen molar-refractivity contribution in [3.63, 3.8) is 0 Å². The highest BCUT2D eigenvalue weighted by molar-refractivity contribution is 5.89. The molecule has 0 spiro atoms. The third-order valence-corrected chi connectivity index (χ3v) is 5.97. The lowest BCUT2D eigenvalue weighted by Gasteiger charge is -2.34. The molecule has 2 amide bonds. The van der Waals surface area contributed by atoms with E-state index in [1.165, 1.54) is 12.8 Å². The average Bonchev–Trinajstić information content (AvgIpc) is 2.96. The van der Waals surface area contributed by atoms with Crippen molar-refractivity contribution in [1.29, 1.82) is 0 Å². The fourth-order valence-electron chi connectivity index (χ4n) is 4.14. The van der Waals surface area contributed by atoms with Crippen molar-refractivity contribution in [2.24, 2.45) is 11.8 Å². The second kappa shape index (κ2) is 7.40. The van der Waals surface area contributed by atoms with Gasteiger partial charge in [0, 0.05) is 51.6 Å². The molecular weight excluding hydrogens is 308 g/mol. The molecule has 1 saturated carbocycles. The molecule has 6 heteroatoms. The van der Waals surface area contributed by atoms with Crippen LogP contribution in [0.4, 0.5) is 0 Å². The van der Waals surface area contributed by atoms with Gasteiger partial charge < -0.3 is 20.1 Å². The van der Waals surface area contributed by atoms with E-state index >= 15 is 0 Å². The number of carbonyl (C=O) groups excluding carboxylic acids is 2. The molecule has 1 unspecified atom stereocenters. The van der Waals surface area contributed by atoms with Gasteiger partial charge in [0.25, 0.3) is 0 Å². The predicted molar refractivity (Wildman–Crippen MR) is 89.3 cm³/mol. The Bertz CT molecular complexity index is 468. The Kier molecular flexibility index (Phi) is 5.45. The molecule has 0 bridgehead atoms. The maximum atomic E-state index is 12.4. The van der Waals surface area contributed by atoms with Crippen LogP contribution in [0, 0.1) is 11.8 Å². The Morgan fingerprint density at radius 2 is 1.96 bits per heavy atom. The molecule has 6 nitrogen and oxygen atoms in total. The number of hydrogen-bond acceptors (Lipinski definition) is 4. The predicted octanol–water partition coefficient (Wildman–Crippen LogP) is 1.07. The van der Waals surface area contributed by atoms with Crippen LogP contribution in [-0.4, -0.2) is 59.8 Å². The standard InChI is InChI=1S/C18H30N2O4/c1-13-2-4-15(5-3-13)20-11-14(10-16(20)21)17(22)19-12-18(23)6-8-24-9-7-18/h13-15,23H,2-12H2,1H3,(H,19,22). The highest BCUT2D eigenvalue weighted by atomic mass is 16.5. The molecule has 136 valence electrons. The smallest absolute Gasteiger partial charge is 0.225 e. The summed E-state index contributed by atoms with van der Waals surface area (Å²) in [5.41, 5.74) is -0.865. The fourth-order valence-corrected chi connectivity index (χ4v) is 4.14. The van der Waals surface area contributed by atoms with Gasteiger partial charge in [-0.1, -0.05) is 6.92 Å². The number of aliphatic hydroxyl groups is 1. The van der Waals surface area contributed by atoms with E-state index in [0.717, 1.165) is 18.8 Å². The third kappa shape index (κ3) is 4.09. The lowest BCUT2D eigenvalue weighted by Crippen LogP contribution is -2.48. The lowest BCUT2D eigenvalue weighted by atomic mass is 9.86. The highest BCUT2D eigenvalue weighted by Crippen LogP contribution is 2.31. The van der Waals surface area contributed by atoms with Gasteiger partial charge in [0.05, 0.1) is 11.5 Å². The monoisotopic (exact) mass is 338 g/mol. The Morgan fingerprint density at radius 3 is 2.62 bits per heavy atom. The lowest BCUT2D eigenvalue weighted by molar-refractivity contribution is -0.131. The Morgan fingerprint density at radius 1 is 1.29 bits per heavy atom. The molecule has 3 aliphatic rings. The summed E-state index contributed by atoms with van der Waals surface area (Å²) in [6, 6.07) is 0.311. The van der Waals surface area contributed by atoms with Gasteiger partial charge in [0.15, 0.2) is 0 Å². The number of likely N-dealkylation sites (tertiary alicyclic amines) is 1. The zero-order valence-corrected chi connectivity index (χ0v) is 14.6. The van der Waals surface area contributed by atoms with Gasteiger partial charge in [-0.15, -0.1) is 0 Å². The van der Waals surface area contributed by atoms with Crippen molar-refractivity contribution in [3.05, 3.63) is 0 Å². The van der Waals surface area contributed by atoms with Crippen molar-refractivity contribution in [1.82, 2.24) is 10.2 Å². The van der Waals surface area contributed by atoms with Gasteiger partial charge in [-0.3, -0.25) is 9.59 Å². The molecule has 24 heavy (non-hydrogen) atoms. The number of nitrogens with one attached hydrogen (secondary N) is 1. The summed E-state index contributed by atoms with van der Waals surface area (Å²) in [6.07, 6.45) is 5.84. The topological polar surface area (TPSA) is 78.9 Å². The maximum absolute atomic E-state index is 12.4. The second-order valence-electron chi connectivity index (χ2n) is 7.92. The van der Waals surface area contributed by atoms with Crippen LogP contribution in [0.2, 0.25) is 0 Å². The summed E-state index contributed by atoms with van der Waals surface area (Å²) < 4.78 is 5.25. The first kappa shape index (κ1) is 17.7. The molecular formula is C18H30N2O4. The molecule has 2 heterocycles. The zero-order chi connectivity index (χ0) is 17.2. The molecule has 2 saturated heterocycles.